The minimum absolute atomic E-state index is 0.0219. The number of alkyl halides is 3. The van der Waals surface area contributed by atoms with Gasteiger partial charge in [0.2, 0.25) is 10.0 Å². The van der Waals surface area contributed by atoms with E-state index < -0.39 is 32.3 Å². The fraction of sp³-hybridized carbons (Fsp3) is 0.571. The first-order valence-electron chi connectivity index (χ1n) is 6.99. The molecule has 1 rings (SSSR count). The number of nitrogens with two attached hydrogens (primary N) is 1. The summed E-state index contributed by atoms with van der Waals surface area (Å²) in [4.78, 5) is -0.982. The van der Waals surface area contributed by atoms with Gasteiger partial charge in [0.25, 0.3) is 0 Å². The summed E-state index contributed by atoms with van der Waals surface area (Å²) in [5.41, 5.74) is -2.41. The SMILES string of the molecule is CCC(C)C(C)(O)CNc1ccc(S(N)(=O)=O)c(C(F)(F)F)c1. The van der Waals surface area contributed by atoms with Crippen LogP contribution in [0.2, 0.25) is 0 Å². The Morgan fingerprint density at radius 3 is 2.35 bits per heavy atom. The third kappa shape index (κ3) is 5.08. The Hall–Kier alpha value is -1.32. The lowest BCUT2D eigenvalue weighted by Gasteiger charge is -2.30. The van der Waals surface area contributed by atoms with Gasteiger partial charge in [0.1, 0.15) is 0 Å². The van der Waals surface area contributed by atoms with E-state index in [1.54, 1.807) is 6.92 Å². The maximum absolute atomic E-state index is 13.0. The third-order valence-electron chi connectivity index (χ3n) is 3.92. The molecule has 0 saturated carbocycles. The van der Waals surface area contributed by atoms with Crippen molar-refractivity contribution < 1.29 is 26.7 Å². The molecular formula is C14H21F3N2O3S. The largest absolute Gasteiger partial charge is 0.417 e. The Kier molecular flexibility index (Phi) is 5.71. The lowest BCUT2D eigenvalue weighted by atomic mass is 9.88. The molecule has 4 N–H and O–H groups in total. The van der Waals surface area contributed by atoms with E-state index in [-0.39, 0.29) is 18.2 Å². The Balaban J connectivity index is 3.13. The highest BCUT2D eigenvalue weighted by Gasteiger charge is 2.37. The standard InChI is InChI=1S/C14H21F3N2O3S/c1-4-9(2)13(3,20)8-19-10-5-6-12(23(18,21)22)11(7-10)14(15,16)17/h5-7,9,19-20H,4,8H2,1-3H3,(H2,18,21,22). The number of halogens is 3. The van der Waals surface area contributed by atoms with Gasteiger partial charge >= 0.3 is 6.18 Å². The van der Waals surface area contributed by atoms with Crippen molar-refractivity contribution in [3.8, 4) is 0 Å². The number of nitrogens with one attached hydrogen (secondary N) is 1. The first-order valence-corrected chi connectivity index (χ1v) is 8.54. The van der Waals surface area contributed by atoms with Crippen LogP contribution in [0.15, 0.2) is 23.1 Å². The van der Waals surface area contributed by atoms with Crippen LogP contribution in [0.1, 0.15) is 32.8 Å². The first-order chi connectivity index (χ1) is 10.3. The van der Waals surface area contributed by atoms with Crippen LogP contribution in [0.5, 0.6) is 0 Å². The molecule has 0 amide bonds. The fourth-order valence-electron chi connectivity index (χ4n) is 2.00. The van der Waals surface area contributed by atoms with Gasteiger partial charge in [-0.05, 0) is 31.0 Å². The summed E-state index contributed by atoms with van der Waals surface area (Å²) in [5.74, 6) is -0.0687. The molecule has 132 valence electrons. The summed E-state index contributed by atoms with van der Waals surface area (Å²) in [6, 6.07) is 2.66. The van der Waals surface area contributed by atoms with Gasteiger partial charge in [-0.15, -0.1) is 0 Å². The molecule has 2 unspecified atom stereocenters. The molecule has 0 heterocycles. The van der Waals surface area contributed by atoms with E-state index in [1.807, 2.05) is 13.8 Å². The van der Waals surface area contributed by atoms with E-state index in [4.69, 9.17) is 5.14 Å². The van der Waals surface area contributed by atoms with E-state index in [1.165, 1.54) is 6.07 Å². The summed E-state index contributed by atoms with van der Waals surface area (Å²) >= 11 is 0. The quantitative estimate of drug-likeness (QED) is 0.732. The highest BCUT2D eigenvalue weighted by Crippen LogP contribution is 2.35. The second-order valence-electron chi connectivity index (χ2n) is 5.77. The molecule has 5 nitrogen and oxygen atoms in total. The van der Waals surface area contributed by atoms with E-state index in [0.717, 1.165) is 6.07 Å². The van der Waals surface area contributed by atoms with Crippen molar-refractivity contribution in [2.75, 3.05) is 11.9 Å². The lowest BCUT2D eigenvalue weighted by Crippen LogP contribution is -2.39. The van der Waals surface area contributed by atoms with Gasteiger partial charge < -0.3 is 10.4 Å². The molecule has 0 fully saturated rings. The zero-order valence-electron chi connectivity index (χ0n) is 13.1. The summed E-state index contributed by atoms with van der Waals surface area (Å²) in [7, 11) is -4.49. The Labute approximate surface area is 133 Å². The smallest absolute Gasteiger partial charge is 0.388 e. The predicted octanol–water partition coefficient (Wildman–Crippen LogP) is 2.56. The molecule has 23 heavy (non-hydrogen) atoms. The third-order valence-corrected chi connectivity index (χ3v) is 4.88. The van der Waals surface area contributed by atoms with Crippen molar-refractivity contribution in [3.63, 3.8) is 0 Å². The van der Waals surface area contributed by atoms with Crippen LogP contribution >= 0.6 is 0 Å². The summed E-state index contributed by atoms with van der Waals surface area (Å²) in [5, 5.41) is 17.8. The molecule has 0 aliphatic heterocycles. The van der Waals surface area contributed by atoms with Crippen LogP contribution in [0.3, 0.4) is 0 Å². The molecule has 9 heteroatoms. The molecule has 0 aromatic heterocycles. The fourth-order valence-corrected chi connectivity index (χ4v) is 2.74. The van der Waals surface area contributed by atoms with Gasteiger partial charge in [-0.3, -0.25) is 0 Å². The van der Waals surface area contributed by atoms with Crippen LogP contribution in [-0.4, -0.2) is 25.7 Å². The Morgan fingerprint density at radius 2 is 1.91 bits per heavy atom. The molecule has 0 saturated heterocycles. The minimum Gasteiger partial charge on any atom is -0.388 e. The van der Waals surface area contributed by atoms with Crippen LogP contribution in [-0.2, 0) is 16.2 Å². The predicted molar refractivity (Wildman–Crippen MR) is 81.4 cm³/mol. The molecule has 0 spiro atoms. The van der Waals surface area contributed by atoms with Crippen molar-refractivity contribution in [2.45, 2.75) is 43.9 Å². The monoisotopic (exact) mass is 354 g/mol. The molecule has 1 aromatic carbocycles. The highest BCUT2D eigenvalue weighted by atomic mass is 32.2. The number of sulfonamides is 1. The van der Waals surface area contributed by atoms with Crippen molar-refractivity contribution >= 4 is 15.7 Å². The molecule has 0 aliphatic rings. The lowest BCUT2D eigenvalue weighted by molar-refractivity contribution is -0.139. The average Bonchev–Trinajstić information content (AvgIpc) is 2.42. The number of benzene rings is 1. The van der Waals surface area contributed by atoms with E-state index in [2.05, 4.69) is 5.32 Å². The topological polar surface area (TPSA) is 92.4 Å². The van der Waals surface area contributed by atoms with Gasteiger partial charge in [0.05, 0.1) is 16.1 Å². The minimum atomic E-state index is -4.86. The molecule has 0 radical (unpaired) electrons. The van der Waals surface area contributed by atoms with Crippen molar-refractivity contribution in [3.05, 3.63) is 23.8 Å². The highest BCUT2D eigenvalue weighted by molar-refractivity contribution is 7.89. The number of aliphatic hydroxyl groups is 1. The summed E-state index contributed by atoms with van der Waals surface area (Å²) < 4.78 is 61.6. The van der Waals surface area contributed by atoms with E-state index in [0.29, 0.717) is 12.5 Å². The zero-order chi connectivity index (χ0) is 18.1. The Morgan fingerprint density at radius 1 is 1.35 bits per heavy atom. The van der Waals surface area contributed by atoms with Gasteiger partial charge in [-0.2, -0.15) is 13.2 Å². The first kappa shape index (κ1) is 19.7. The maximum Gasteiger partial charge on any atom is 0.417 e. The second-order valence-corrected chi connectivity index (χ2v) is 7.30. The summed E-state index contributed by atoms with van der Waals surface area (Å²) in [6.07, 6.45) is -4.16. The molecule has 0 bridgehead atoms. The maximum atomic E-state index is 13.0. The van der Waals surface area contributed by atoms with E-state index >= 15 is 0 Å². The number of primary sulfonamides is 1. The van der Waals surface area contributed by atoms with Gasteiger partial charge in [0, 0.05) is 12.2 Å². The average molecular weight is 354 g/mol. The van der Waals surface area contributed by atoms with Crippen molar-refractivity contribution in [1.82, 2.24) is 0 Å². The van der Waals surface area contributed by atoms with Crippen LogP contribution < -0.4 is 10.5 Å². The van der Waals surface area contributed by atoms with Gasteiger partial charge in [-0.25, -0.2) is 13.6 Å². The number of hydrogen-bond acceptors (Lipinski definition) is 4. The van der Waals surface area contributed by atoms with Gasteiger partial charge in [0.15, 0.2) is 0 Å². The molecule has 0 aliphatic carbocycles. The number of hydrogen-bond donors (Lipinski definition) is 3. The molecule has 2 atom stereocenters. The van der Waals surface area contributed by atoms with Crippen molar-refractivity contribution in [2.24, 2.45) is 11.1 Å². The number of anilines is 1. The van der Waals surface area contributed by atoms with Crippen LogP contribution in [0.25, 0.3) is 0 Å². The second kappa shape index (κ2) is 6.66. The zero-order valence-corrected chi connectivity index (χ0v) is 13.9. The van der Waals surface area contributed by atoms with Crippen LogP contribution in [0, 0.1) is 5.92 Å². The normalized spacial score (nSPS) is 16.7. The molecule has 1 aromatic rings. The van der Waals surface area contributed by atoms with Crippen molar-refractivity contribution in [1.29, 1.82) is 0 Å². The number of rotatable bonds is 6. The van der Waals surface area contributed by atoms with Crippen LogP contribution in [0.4, 0.5) is 18.9 Å². The van der Waals surface area contributed by atoms with E-state index in [9.17, 15) is 26.7 Å². The molecular weight excluding hydrogens is 333 g/mol. The summed E-state index contributed by atoms with van der Waals surface area (Å²) in [6.45, 7) is 5.32. The van der Waals surface area contributed by atoms with Gasteiger partial charge in [-0.1, -0.05) is 20.3 Å². The Bertz CT molecular complexity index is 658.